The molecule has 3 aliphatic heterocycles. The van der Waals surface area contributed by atoms with Gasteiger partial charge in [-0.3, -0.25) is 19.2 Å². The number of Topliss-reactive ketones (excluding diaryl/α,β-unsaturated/α-hetero) is 3. The number of hydrogen-bond acceptors (Lipinski definition) is 14. The first-order chi connectivity index (χ1) is 32.1. The number of cyclic esters (lactones) is 1. The third-order valence-corrected chi connectivity index (χ3v) is 14.7. The fourth-order valence-corrected chi connectivity index (χ4v) is 10.3. The Labute approximate surface area is 403 Å². The predicted molar refractivity (Wildman–Crippen MR) is 254 cm³/mol. The Morgan fingerprint density at radius 2 is 1.63 bits per heavy atom. The lowest BCUT2D eigenvalue weighted by atomic mass is 9.78. The van der Waals surface area contributed by atoms with Gasteiger partial charge in [-0.25, -0.2) is 9.59 Å². The second-order valence-corrected chi connectivity index (χ2v) is 20.1. The van der Waals surface area contributed by atoms with Crippen LogP contribution in [-0.2, 0) is 47.7 Å². The van der Waals surface area contributed by atoms with Crippen LogP contribution in [0.2, 0.25) is 0 Å². The molecule has 0 aromatic carbocycles. The highest BCUT2D eigenvalue weighted by atomic mass is 16.6. The minimum Gasteiger partial charge on any atom is -0.460 e. The summed E-state index contributed by atoms with van der Waals surface area (Å²) in [4.78, 5) is 84.5. The second-order valence-electron chi connectivity index (χ2n) is 20.1. The molecule has 10 unspecified atom stereocenters. The number of carbonyl (C=O) groups is 6. The van der Waals surface area contributed by atoms with E-state index in [2.05, 4.69) is 5.32 Å². The Morgan fingerprint density at radius 1 is 0.912 bits per heavy atom. The highest BCUT2D eigenvalue weighted by molar-refractivity contribution is 6.39. The molecule has 4 aliphatic rings. The first-order valence-electron chi connectivity index (χ1n) is 24.6. The Hall–Kier alpha value is -4.06. The van der Waals surface area contributed by atoms with Gasteiger partial charge in [0.2, 0.25) is 5.79 Å². The number of esters is 1. The first-order valence-corrected chi connectivity index (χ1v) is 24.6. The lowest BCUT2D eigenvalue weighted by Gasteiger charge is -2.43. The average Bonchev–Trinajstić information content (AvgIpc) is 3.31. The zero-order valence-corrected chi connectivity index (χ0v) is 42.0. The van der Waals surface area contributed by atoms with E-state index in [1.165, 1.54) is 14.2 Å². The molecule has 16 nitrogen and oxygen atoms in total. The van der Waals surface area contributed by atoms with Gasteiger partial charge < -0.3 is 49.2 Å². The number of ketones is 3. The van der Waals surface area contributed by atoms with Gasteiger partial charge >= 0.3 is 12.1 Å². The predicted octanol–water partition coefficient (Wildman–Crippen LogP) is 5.89. The summed E-state index contributed by atoms with van der Waals surface area (Å²) >= 11 is 0. The maximum atomic E-state index is 14.4. The van der Waals surface area contributed by atoms with Crippen molar-refractivity contribution in [2.45, 2.75) is 180 Å². The summed E-state index contributed by atoms with van der Waals surface area (Å²) in [7, 11) is 4.16. The molecule has 4 rings (SSSR count). The first kappa shape index (κ1) is 56.5. The van der Waals surface area contributed by atoms with E-state index in [-0.39, 0.29) is 61.2 Å². The van der Waals surface area contributed by atoms with Gasteiger partial charge in [0.15, 0.2) is 11.6 Å². The van der Waals surface area contributed by atoms with Gasteiger partial charge in [0.1, 0.15) is 18.2 Å². The molecule has 382 valence electrons. The number of methoxy groups -OCH3 is 3. The molecule has 2 amide bonds. The lowest BCUT2D eigenvalue weighted by Crippen LogP contribution is -2.61. The number of ether oxygens (including phenoxy) is 5. The number of nitrogens with zero attached hydrogens (tertiary/aromatic N) is 1. The Balaban J connectivity index is 1.73. The van der Waals surface area contributed by atoms with E-state index in [4.69, 9.17) is 23.7 Å². The van der Waals surface area contributed by atoms with Crippen LogP contribution in [0.5, 0.6) is 0 Å². The van der Waals surface area contributed by atoms with Crippen LogP contribution in [0.4, 0.5) is 4.79 Å². The van der Waals surface area contributed by atoms with Gasteiger partial charge in [-0.05, 0) is 108 Å². The van der Waals surface area contributed by atoms with E-state index in [1.807, 2.05) is 39.0 Å². The SMILES string of the molecule is COC(=O)NC1CC2CC[C@@H](C)C(O)(O2)C(=O)C(=O)N2CCCC[C@H]2C(=O)OC([C@H](C)CC2CCC(O)C(OC)C2)CC(=O)C(C)=CC(C)C(O)C(OC)C(=O)[C@H](C)C[C@H](C)C=CC=CC=C1C. The zero-order chi connectivity index (χ0) is 50.5. The van der Waals surface area contributed by atoms with Gasteiger partial charge in [-0.2, -0.15) is 0 Å². The van der Waals surface area contributed by atoms with Crippen molar-refractivity contribution in [2.75, 3.05) is 27.9 Å². The fraction of sp³-hybridized carbons (Fsp3) is 0.731. The van der Waals surface area contributed by atoms with Crippen molar-refractivity contribution in [2.24, 2.45) is 35.5 Å². The van der Waals surface area contributed by atoms with Crippen LogP contribution in [0.1, 0.15) is 126 Å². The standard InChI is InChI=1S/C52H80N2O14/c1-30-16-12-11-13-17-31(2)39(53-51(62)66-10)28-38-21-19-36(7)52(63,68-38)48(59)49(60)54-23-15-14-18-40(54)50(61)67-43(33(4)26-37-20-22-41(55)44(27-37)64-8)29-42(56)32(3)25-35(6)46(58)47(65-9)45(57)34(5)24-30/h11-13,16-17,25,30,33-41,43-44,46-47,55,58,63H,14-15,18-24,26-29H2,1-10H3,(H,53,62)/t30-,33-,34-,35?,36-,37?,38?,39?,40+,41?,43?,44?,46?,47?,52?/m1/s1. The molecule has 0 spiro atoms. The monoisotopic (exact) mass is 957 g/mol. The summed E-state index contributed by atoms with van der Waals surface area (Å²) < 4.78 is 28.4. The van der Waals surface area contributed by atoms with Gasteiger partial charge in [-0.15, -0.1) is 0 Å². The largest absolute Gasteiger partial charge is 0.460 e. The number of carbonyl (C=O) groups excluding carboxylic acids is 6. The van der Waals surface area contributed by atoms with Crippen LogP contribution in [0.3, 0.4) is 0 Å². The molecule has 0 aromatic rings. The molecule has 0 aromatic heterocycles. The quantitative estimate of drug-likeness (QED) is 0.180. The van der Waals surface area contributed by atoms with Gasteiger partial charge in [0, 0.05) is 44.9 Å². The van der Waals surface area contributed by atoms with Crippen molar-refractivity contribution in [3.63, 3.8) is 0 Å². The smallest absolute Gasteiger partial charge is 0.407 e. The van der Waals surface area contributed by atoms with Gasteiger partial charge in [0.05, 0.1) is 37.6 Å². The number of amides is 2. The van der Waals surface area contributed by atoms with E-state index in [0.717, 1.165) is 4.90 Å². The summed E-state index contributed by atoms with van der Waals surface area (Å²) in [5.74, 6) is -8.48. The summed E-state index contributed by atoms with van der Waals surface area (Å²) in [5, 5.41) is 36.8. The summed E-state index contributed by atoms with van der Waals surface area (Å²) in [6.07, 6.45) is 9.68. The van der Waals surface area contributed by atoms with Crippen molar-refractivity contribution in [1.82, 2.24) is 10.2 Å². The van der Waals surface area contributed by atoms with Crippen molar-refractivity contribution >= 4 is 35.3 Å². The molecular formula is C52H80N2O14. The van der Waals surface area contributed by atoms with E-state index < -0.39 is 89.9 Å². The minimum absolute atomic E-state index is 0.0317. The number of rotatable bonds is 6. The van der Waals surface area contributed by atoms with Crippen LogP contribution in [-0.4, -0.2) is 138 Å². The lowest BCUT2D eigenvalue weighted by molar-refractivity contribution is -0.264. The summed E-state index contributed by atoms with van der Waals surface area (Å²) in [5.41, 5.74) is 1.01. The van der Waals surface area contributed by atoms with Gasteiger partial charge in [-0.1, -0.05) is 76.6 Å². The molecule has 3 heterocycles. The van der Waals surface area contributed by atoms with Crippen molar-refractivity contribution < 1.29 is 67.8 Å². The zero-order valence-electron chi connectivity index (χ0n) is 42.0. The van der Waals surface area contributed by atoms with Crippen LogP contribution in [0, 0.1) is 35.5 Å². The Morgan fingerprint density at radius 3 is 2.31 bits per heavy atom. The maximum Gasteiger partial charge on any atom is 0.407 e. The number of aliphatic hydroxyl groups is 3. The average molecular weight is 957 g/mol. The van der Waals surface area contributed by atoms with Gasteiger partial charge in [0.25, 0.3) is 11.7 Å². The van der Waals surface area contributed by atoms with Crippen molar-refractivity contribution in [3.8, 4) is 0 Å². The van der Waals surface area contributed by atoms with E-state index in [9.17, 15) is 44.1 Å². The second kappa shape index (κ2) is 26.2. The molecule has 3 fully saturated rings. The molecule has 2 saturated heterocycles. The number of fused-ring (bicyclic) bond motifs is 3. The fourth-order valence-electron chi connectivity index (χ4n) is 10.3. The molecular weight excluding hydrogens is 877 g/mol. The molecule has 0 radical (unpaired) electrons. The minimum atomic E-state index is -2.53. The van der Waals surface area contributed by atoms with Crippen LogP contribution < -0.4 is 5.32 Å². The van der Waals surface area contributed by atoms with Crippen LogP contribution in [0.25, 0.3) is 0 Å². The highest BCUT2D eigenvalue weighted by Crippen LogP contribution is 2.37. The summed E-state index contributed by atoms with van der Waals surface area (Å²) in [6, 6.07) is -1.83. The highest BCUT2D eigenvalue weighted by Gasteiger charge is 2.53. The third kappa shape index (κ3) is 15.0. The van der Waals surface area contributed by atoms with Crippen molar-refractivity contribution in [3.05, 3.63) is 47.6 Å². The Kier molecular flexibility index (Phi) is 21.8. The molecule has 4 N–H and O–H groups in total. The molecule has 1 aliphatic carbocycles. The van der Waals surface area contributed by atoms with E-state index in [1.54, 1.807) is 53.0 Å². The number of aliphatic hydroxyl groups excluding tert-OH is 2. The van der Waals surface area contributed by atoms with Crippen molar-refractivity contribution in [1.29, 1.82) is 0 Å². The number of allylic oxidation sites excluding steroid dienone is 6. The third-order valence-electron chi connectivity index (χ3n) is 14.7. The molecule has 2 bridgehead atoms. The normalized spacial score (nSPS) is 36.5. The van der Waals surface area contributed by atoms with E-state index >= 15 is 0 Å². The molecule has 1 saturated carbocycles. The van der Waals surface area contributed by atoms with Crippen LogP contribution >= 0.6 is 0 Å². The topological polar surface area (TPSA) is 225 Å². The summed E-state index contributed by atoms with van der Waals surface area (Å²) in [6.45, 7) is 12.4. The maximum absolute atomic E-state index is 14.4. The molecule has 68 heavy (non-hydrogen) atoms. The molecule has 15 atom stereocenters. The van der Waals surface area contributed by atoms with E-state index in [0.29, 0.717) is 68.9 Å². The number of nitrogens with one attached hydrogen (secondary N) is 1. The molecule has 16 heteroatoms. The van der Waals surface area contributed by atoms with Crippen LogP contribution in [0.15, 0.2) is 47.6 Å². The number of hydrogen-bond donors (Lipinski definition) is 4. The number of piperidine rings is 1. The Bertz CT molecular complexity index is 1880. The number of alkyl carbamates (subject to hydrolysis) is 1.